The van der Waals surface area contributed by atoms with E-state index < -0.39 is 0 Å². The molecule has 0 bridgehead atoms. The van der Waals surface area contributed by atoms with Crippen molar-refractivity contribution >= 4 is 74.2 Å². The minimum atomic E-state index is -0.337. The Morgan fingerprint density at radius 2 is 1.14 bits per heavy atom. The maximum atomic E-state index is 12.7. The van der Waals surface area contributed by atoms with Gasteiger partial charge in [-0.05, 0) is 172 Å². The molecule has 2 N–H and O–H groups in total. The van der Waals surface area contributed by atoms with Gasteiger partial charge < -0.3 is 43.1 Å². The number of anilines is 3. The minimum Gasteiger partial charge on any atom is -0.452 e. The average molecular weight is 1380 g/mol. The molecule has 102 heavy (non-hydrogen) atoms. The predicted molar refractivity (Wildman–Crippen MR) is 396 cm³/mol. The largest absolute Gasteiger partial charge is 0.452 e. The highest BCUT2D eigenvalue weighted by Gasteiger charge is 2.37. The van der Waals surface area contributed by atoms with Gasteiger partial charge in [-0.1, -0.05) is 49.2 Å². The Labute approximate surface area is 596 Å². The first-order valence-corrected chi connectivity index (χ1v) is 37.2. The van der Waals surface area contributed by atoms with Crippen molar-refractivity contribution in [2.24, 2.45) is 17.8 Å². The number of hydrogen-bond donors (Lipinski definition) is 2. The summed E-state index contributed by atoms with van der Waals surface area (Å²) >= 11 is 0. The van der Waals surface area contributed by atoms with E-state index in [0.717, 1.165) is 206 Å². The van der Waals surface area contributed by atoms with Crippen LogP contribution in [-0.4, -0.2) is 133 Å². The fourth-order valence-corrected chi connectivity index (χ4v) is 16.4. The number of imidazole rings is 3. The lowest BCUT2D eigenvalue weighted by Gasteiger charge is -2.34. The monoisotopic (exact) mass is 1380 g/mol. The predicted octanol–water partition coefficient (Wildman–Crippen LogP) is 13.0. The lowest BCUT2D eigenvalue weighted by atomic mass is 9.83. The summed E-state index contributed by atoms with van der Waals surface area (Å²) in [6.07, 6.45) is 22.2. The van der Waals surface area contributed by atoms with Gasteiger partial charge in [0.15, 0.2) is 0 Å². The molecule has 4 fully saturated rings. The summed E-state index contributed by atoms with van der Waals surface area (Å²) in [6, 6.07) is 28.7. The molecular weight excluding hydrogens is 1280 g/mol. The summed E-state index contributed by atoms with van der Waals surface area (Å²) in [4.78, 5) is 92.4. The molecule has 9 aromatic rings. The van der Waals surface area contributed by atoms with Crippen molar-refractivity contribution in [2.45, 2.75) is 193 Å². The number of pyridine rings is 1. The van der Waals surface area contributed by atoms with Gasteiger partial charge in [0.25, 0.3) is 5.56 Å². The van der Waals surface area contributed by atoms with Crippen LogP contribution < -0.4 is 30.9 Å². The van der Waals surface area contributed by atoms with Gasteiger partial charge in [-0.25, -0.2) is 29.3 Å². The summed E-state index contributed by atoms with van der Waals surface area (Å²) in [7, 11) is 4.30. The molecule has 22 nitrogen and oxygen atoms in total. The normalized spacial score (nSPS) is 20.3. The maximum absolute atomic E-state index is 12.7. The van der Waals surface area contributed by atoms with Crippen LogP contribution in [0.15, 0.2) is 108 Å². The highest BCUT2D eigenvalue weighted by molar-refractivity contribution is 5.98. The number of Topliss-reactive ketones (excluding diaryl/α,β-unsaturated/α-hetero) is 1. The molecule has 4 aliphatic heterocycles. The maximum Gasteiger partial charge on any atom is 0.414 e. The lowest BCUT2D eigenvalue weighted by molar-refractivity contribution is -0.122. The molecular formula is C80H98N14O8. The van der Waals surface area contributed by atoms with Gasteiger partial charge in [-0.15, -0.1) is 0 Å². The number of rotatable bonds is 17. The summed E-state index contributed by atoms with van der Waals surface area (Å²) in [5.74, 6) is 5.39. The molecule has 3 amide bonds. The molecule has 22 heteroatoms. The third-order valence-corrected chi connectivity index (χ3v) is 22.6. The molecule has 3 aliphatic carbocycles. The fourth-order valence-electron chi connectivity index (χ4n) is 16.4. The number of aromatic nitrogens is 9. The zero-order chi connectivity index (χ0) is 70.7. The van der Waals surface area contributed by atoms with Gasteiger partial charge >= 0.3 is 18.3 Å². The Kier molecular flexibility index (Phi) is 21.0. The summed E-state index contributed by atoms with van der Waals surface area (Å²) in [6.45, 7) is 14.3. The number of methoxy groups -OCH3 is 3. The quantitative estimate of drug-likeness (QED) is 0.0638. The average Bonchev–Trinajstić information content (AvgIpc) is 1.56. The van der Waals surface area contributed by atoms with E-state index in [1.54, 1.807) is 38.3 Å². The molecule has 0 spiro atoms. The van der Waals surface area contributed by atoms with E-state index in [1.165, 1.54) is 64.5 Å². The fraction of sp³-hybridized carbons (Fsp3) is 0.500. The van der Waals surface area contributed by atoms with Crippen LogP contribution in [0.4, 0.5) is 31.4 Å². The van der Waals surface area contributed by atoms with E-state index in [0.29, 0.717) is 31.2 Å². The number of carbonyl (C=O) groups is 4. The highest BCUT2D eigenvalue weighted by Crippen LogP contribution is 2.44. The number of carbonyl (C=O) groups excluding carboxylic acids is 4. The Morgan fingerprint density at radius 1 is 0.569 bits per heavy atom. The SMILES string of the molecule is COC(=O)N1c2ccc3c(nc(CCn4ccccc4=O)n3CCNCC3CCC3)c2CC[C@@H]1C.COC(=O)N1c2ccc3c(nc(Cc4ccccc4)n3CC3CNC3)c2CC[C@@H]1C.COC(=O)N1c2ccc3c(nc(Cc4cncc(C5CC5)n4)n3[C@@H]3CCC[C@@H](C(C)=O)C3)c2CC[C@@H]1C. The number of nitrogens with zero attached hydrogens (tertiary/aromatic N) is 12. The molecule has 0 unspecified atom stereocenters. The first-order valence-electron chi connectivity index (χ1n) is 37.2. The Balaban J connectivity index is 0.000000130. The molecule has 7 aliphatic rings. The van der Waals surface area contributed by atoms with E-state index in [-0.39, 0.29) is 59.7 Å². The molecule has 0 radical (unpaired) electrons. The number of aryl methyl sites for hydroxylation is 5. The number of ether oxygens (including phenoxy) is 3. The number of benzene rings is 4. The molecule has 4 aromatic carbocycles. The van der Waals surface area contributed by atoms with E-state index in [4.69, 9.17) is 34.1 Å². The number of hydrogen-bond acceptors (Lipinski definition) is 15. The first kappa shape index (κ1) is 69.8. The standard InChI is InChI=1S/C29H35N5O3.C27H35N5O3.C24H28N4O2/c1-17-7-10-23-25(33(17)29(36)37-3)11-12-26-28(23)32-27(14-21-15-30-16-24(31-21)19-8-9-19)34(26)22-6-4-5-20(13-22)18(2)35;1-19-9-10-21-22(32(19)27(34)35-2)11-12-23-26(21)29-24(13-16-30-15-4-3-8-25(30)33)31(23)17-14-28-18-20-6-5-7-20;1-16-8-9-19-20(28(16)24(29)30-2)10-11-21-23(19)26-22(12-17-6-4-3-5-7-17)27(21)15-18-13-25-14-18/h11-12,15-17,19-20,22H,4-10,13-14H2,1-3H3;3-4,8,11-12,15,19-20,28H,5-7,9-10,13-14,16-18H2,1-2H3;3-7,10-11,16,18,25H,8-9,12-15H2,1-2H3/t17-,20+,22+;19-;16-/m000/s1. The van der Waals surface area contributed by atoms with Crippen LogP contribution >= 0.6 is 0 Å². The second kappa shape index (κ2) is 30.7. The van der Waals surface area contributed by atoms with E-state index in [1.807, 2.05) is 42.9 Å². The van der Waals surface area contributed by atoms with Crippen LogP contribution in [0.5, 0.6) is 0 Å². The van der Waals surface area contributed by atoms with Crippen LogP contribution in [0, 0.1) is 17.8 Å². The number of nitrogens with one attached hydrogen (secondary N) is 2. The molecule has 536 valence electrons. The summed E-state index contributed by atoms with van der Waals surface area (Å²) < 4.78 is 24.0. The van der Waals surface area contributed by atoms with Crippen LogP contribution in [0.25, 0.3) is 33.1 Å². The van der Waals surface area contributed by atoms with Gasteiger partial charge in [0, 0.05) is 142 Å². The third kappa shape index (κ3) is 14.5. The topological polar surface area (TPSA) is 231 Å². The molecule has 3 saturated carbocycles. The molecule has 5 aromatic heterocycles. The van der Waals surface area contributed by atoms with Crippen LogP contribution in [-0.2, 0) is 77.2 Å². The highest BCUT2D eigenvalue weighted by atomic mass is 16.6. The van der Waals surface area contributed by atoms with Crippen molar-refractivity contribution < 1.29 is 33.4 Å². The summed E-state index contributed by atoms with van der Waals surface area (Å²) in [5.41, 5.74) is 15.6. The first-order chi connectivity index (χ1) is 49.7. The van der Waals surface area contributed by atoms with Gasteiger partial charge in [0.2, 0.25) is 0 Å². The Hall–Kier alpha value is -9.28. The second-order valence-electron chi connectivity index (χ2n) is 29.4. The van der Waals surface area contributed by atoms with Crippen molar-refractivity contribution in [2.75, 3.05) is 62.2 Å². The van der Waals surface area contributed by atoms with Crippen molar-refractivity contribution in [1.29, 1.82) is 0 Å². The Bertz CT molecular complexity index is 4600. The molecule has 9 heterocycles. The summed E-state index contributed by atoms with van der Waals surface area (Å²) in [5, 5.41) is 7.00. The van der Waals surface area contributed by atoms with Gasteiger partial charge in [-0.3, -0.25) is 34.3 Å². The minimum absolute atomic E-state index is 0.00240. The van der Waals surface area contributed by atoms with Gasteiger partial charge in [0.05, 0.1) is 82.9 Å². The van der Waals surface area contributed by atoms with Crippen molar-refractivity contribution in [1.82, 2.24) is 53.8 Å². The van der Waals surface area contributed by atoms with Crippen molar-refractivity contribution in [3.63, 3.8) is 0 Å². The lowest BCUT2D eigenvalue weighted by Crippen LogP contribution is -2.44. The van der Waals surface area contributed by atoms with E-state index in [9.17, 15) is 24.0 Å². The van der Waals surface area contributed by atoms with Crippen LogP contribution in [0.2, 0.25) is 0 Å². The van der Waals surface area contributed by atoms with Crippen molar-refractivity contribution in [3.8, 4) is 0 Å². The Morgan fingerprint density at radius 3 is 1.70 bits per heavy atom. The zero-order valence-electron chi connectivity index (χ0n) is 60.2. The van der Waals surface area contributed by atoms with Gasteiger partial charge in [0.1, 0.15) is 23.3 Å². The number of amides is 3. The third-order valence-electron chi connectivity index (χ3n) is 22.6. The molecule has 1 saturated heterocycles. The van der Waals surface area contributed by atoms with E-state index >= 15 is 0 Å². The van der Waals surface area contributed by atoms with Gasteiger partial charge in [-0.2, -0.15) is 0 Å². The molecule has 5 atom stereocenters. The number of fused-ring (bicyclic) bond motifs is 9. The second-order valence-corrected chi connectivity index (χ2v) is 29.4. The zero-order valence-corrected chi connectivity index (χ0v) is 60.2. The van der Waals surface area contributed by atoms with Crippen molar-refractivity contribution in [3.05, 3.63) is 165 Å². The van der Waals surface area contributed by atoms with Crippen LogP contribution in [0.1, 0.15) is 168 Å². The number of ketones is 1. The molecule has 16 rings (SSSR count). The van der Waals surface area contributed by atoms with Crippen LogP contribution in [0.3, 0.4) is 0 Å². The smallest absolute Gasteiger partial charge is 0.414 e. The van der Waals surface area contributed by atoms with E-state index in [2.05, 4.69) is 98.6 Å².